The zero-order valence-electron chi connectivity index (χ0n) is 8.89. The third kappa shape index (κ3) is 2.82. The van der Waals surface area contributed by atoms with Crippen LogP contribution < -0.4 is 0 Å². The second-order valence-electron chi connectivity index (χ2n) is 3.41. The molecule has 0 aliphatic rings. The first-order valence-corrected chi connectivity index (χ1v) is 6.52. The number of benzene rings is 1. The number of ketones is 1. The summed E-state index contributed by atoms with van der Waals surface area (Å²) in [6.07, 6.45) is 0.929. The predicted molar refractivity (Wildman–Crippen MR) is 68.1 cm³/mol. The molecule has 0 N–H and O–H groups in total. The number of alkyl halides is 2. The Hall–Kier alpha value is -0.340. The van der Waals surface area contributed by atoms with Gasteiger partial charge in [0.25, 0.3) is 0 Å². The van der Waals surface area contributed by atoms with Gasteiger partial charge in [0.1, 0.15) is 0 Å². The second-order valence-corrected chi connectivity index (χ2v) is 4.63. The molecule has 3 heteroatoms. The van der Waals surface area contributed by atoms with E-state index in [-0.39, 0.29) is 5.78 Å². The predicted octanol–water partition coefficient (Wildman–Crippen LogP) is 3.95. The van der Waals surface area contributed by atoms with Gasteiger partial charge in [-0.05, 0) is 24.5 Å². The van der Waals surface area contributed by atoms with Crippen LogP contribution in [-0.4, -0.2) is 11.2 Å². The van der Waals surface area contributed by atoms with Crippen LogP contribution in [0.3, 0.4) is 0 Å². The van der Waals surface area contributed by atoms with E-state index in [9.17, 15) is 4.79 Å². The summed E-state index contributed by atoms with van der Waals surface area (Å²) in [5.74, 6) is 0.00131. The number of carbonyl (C=O) groups is 1. The van der Waals surface area contributed by atoms with Gasteiger partial charge in [0, 0.05) is 10.9 Å². The highest BCUT2D eigenvalue weighted by Gasteiger charge is 2.17. The Balaban J connectivity index is 3.23. The molecule has 0 spiro atoms. The molecule has 0 aromatic heterocycles. The Morgan fingerprint density at radius 1 is 1.53 bits per heavy atom. The van der Waals surface area contributed by atoms with E-state index < -0.39 is 5.38 Å². The van der Waals surface area contributed by atoms with E-state index in [2.05, 4.69) is 22.9 Å². The smallest absolute Gasteiger partial charge is 0.180 e. The van der Waals surface area contributed by atoms with Gasteiger partial charge in [-0.2, -0.15) is 0 Å². The molecule has 0 radical (unpaired) electrons. The molecular formula is C12H14BrClO. The Morgan fingerprint density at radius 3 is 2.67 bits per heavy atom. The van der Waals surface area contributed by atoms with Crippen LogP contribution in [0.25, 0.3) is 0 Å². The highest BCUT2D eigenvalue weighted by atomic mass is 79.9. The summed E-state index contributed by atoms with van der Waals surface area (Å²) in [4.78, 5) is 11.8. The highest BCUT2D eigenvalue weighted by molar-refractivity contribution is 9.08. The van der Waals surface area contributed by atoms with Crippen LogP contribution in [0.1, 0.15) is 35.3 Å². The molecule has 1 aromatic carbocycles. The lowest BCUT2D eigenvalue weighted by atomic mass is 9.97. The minimum atomic E-state index is -0.463. The molecule has 1 aromatic rings. The normalized spacial score (nSPS) is 12.5. The van der Waals surface area contributed by atoms with E-state index >= 15 is 0 Å². The third-order valence-electron chi connectivity index (χ3n) is 2.41. The lowest BCUT2D eigenvalue weighted by Crippen LogP contribution is -2.13. The Morgan fingerprint density at radius 2 is 2.20 bits per heavy atom. The molecule has 1 atom stereocenters. The van der Waals surface area contributed by atoms with Crippen LogP contribution in [0.15, 0.2) is 18.2 Å². The largest absolute Gasteiger partial charge is 0.293 e. The maximum Gasteiger partial charge on any atom is 0.180 e. The first-order valence-electron chi connectivity index (χ1n) is 4.96. The Bertz CT molecular complexity index is 361. The Labute approximate surface area is 104 Å². The zero-order valence-corrected chi connectivity index (χ0v) is 11.2. The summed E-state index contributed by atoms with van der Waals surface area (Å²) in [6.45, 7) is 3.79. The molecule has 0 saturated heterocycles. The standard InChI is InChI=1S/C12H14BrClO/c1-3-9-5-4-6-10(11(9)7-13)12(15)8(2)14/h4-6,8H,3,7H2,1-2H3. The van der Waals surface area contributed by atoms with Crippen molar-refractivity contribution in [3.05, 3.63) is 34.9 Å². The fourth-order valence-electron chi connectivity index (χ4n) is 1.57. The molecule has 1 unspecified atom stereocenters. The van der Waals surface area contributed by atoms with E-state index in [1.54, 1.807) is 6.92 Å². The summed E-state index contributed by atoms with van der Waals surface area (Å²) in [7, 11) is 0. The van der Waals surface area contributed by atoms with Crippen molar-refractivity contribution in [1.82, 2.24) is 0 Å². The number of hydrogen-bond donors (Lipinski definition) is 0. The topological polar surface area (TPSA) is 17.1 Å². The molecule has 0 aliphatic heterocycles. The monoisotopic (exact) mass is 288 g/mol. The van der Waals surface area contributed by atoms with Crippen molar-refractivity contribution in [3.63, 3.8) is 0 Å². The summed E-state index contributed by atoms with van der Waals surface area (Å²) >= 11 is 9.24. The van der Waals surface area contributed by atoms with Gasteiger partial charge in [-0.25, -0.2) is 0 Å². The lowest BCUT2D eigenvalue weighted by molar-refractivity contribution is 0.0991. The summed E-state index contributed by atoms with van der Waals surface area (Å²) in [6, 6.07) is 5.81. The van der Waals surface area contributed by atoms with Crippen LogP contribution in [0.4, 0.5) is 0 Å². The fourth-order valence-corrected chi connectivity index (χ4v) is 2.35. The van der Waals surface area contributed by atoms with Gasteiger partial charge >= 0.3 is 0 Å². The quantitative estimate of drug-likeness (QED) is 0.606. The van der Waals surface area contributed by atoms with Crippen LogP contribution in [-0.2, 0) is 11.8 Å². The van der Waals surface area contributed by atoms with Gasteiger partial charge in [0.15, 0.2) is 5.78 Å². The minimum Gasteiger partial charge on any atom is -0.293 e. The third-order valence-corrected chi connectivity index (χ3v) is 3.17. The van der Waals surface area contributed by atoms with Crippen molar-refractivity contribution in [2.75, 3.05) is 0 Å². The number of hydrogen-bond acceptors (Lipinski definition) is 1. The van der Waals surface area contributed by atoms with E-state index in [0.717, 1.165) is 17.5 Å². The van der Waals surface area contributed by atoms with Crippen molar-refractivity contribution < 1.29 is 4.79 Å². The van der Waals surface area contributed by atoms with Crippen LogP contribution in [0, 0.1) is 0 Å². The van der Waals surface area contributed by atoms with E-state index in [4.69, 9.17) is 11.6 Å². The first kappa shape index (κ1) is 12.7. The number of halogens is 2. The Kier molecular flexibility index (Phi) is 4.81. The van der Waals surface area contributed by atoms with Gasteiger partial charge < -0.3 is 0 Å². The highest BCUT2D eigenvalue weighted by Crippen LogP contribution is 2.21. The number of Topliss-reactive ketones (excluding diaryl/α,β-unsaturated/α-hetero) is 1. The molecule has 0 aliphatic carbocycles. The number of carbonyl (C=O) groups excluding carboxylic acids is 1. The molecule has 0 fully saturated rings. The van der Waals surface area contributed by atoms with Gasteiger partial charge in [0.2, 0.25) is 0 Å². The van der Waals surface area contributed by atoms with Gasteiger partial charge in [-0.3, -0.25) is 4.79 Å². The van der Waals surface area contributed by atoms with E-state index in [1.807, 2.05) is 18.2 Å². The molecule has 82 valence electrons. The molecule has 15 heavy (non-hydrogen) atoms. The maximum atomic E-state index is 11.8. The summed E-state index contributed by atoms with van der Waals surface area (Å²) in [5, 5.41) is 0.233. The molecular weight excluding hydrogens is 275 g/mol. The molecule has 0 bridgehead atoms. The SMILES string of the molecule is CCc1cccc(C(=O)C(C)Cl)c1CBr. The fraction of sp³-hybridized carbons (Fsp3) is 0.417. The van der Waals surface area contributed by atoms with Crippen molar-refractivity contribution in [1.29, 1.82) is 0 Å². The van der Waals surface area contributed by atoms with Crippen LogP contribution in [0.5, 0.6) is 0 Å². The van der Waals surface area contributed by atoms with E-state index in [1.165, 1.54) is 5.56 Å². The molecule has 1 nitrogen and oxygen atoms in total. The van der Waals surface area contributed by atoms with Crippen molar-refractivity contribution >= 4 is 33.3 Å². The van der Waals surface area contributed by atoms with Crippen LogP contribution >= 0.6 is 27.5 Å². The summed E-state index contributed by atoms with van der Waals surface area (Å²) < 4.78 is 0. The maximum absolute atomic E-state index is 11.8. The molecule has 1 rings (SSSR count). The number of aryl methyl sites for hydroxylation is 1. The zero-order chi connectivity index (χ0) is 11.4. The van der Waals surface area contributed by atoms with Gasteiger partial charge in [-0.1, -0.05) is 41.1 Å². The summed E-state index contributed by atoms with van der Waals surface area (Å²) in [5.41, 5.74) is 3.02. The average Bonchev–Trinajstić information content (AvgIpc) is 2.26. The minimum absolute atomic E-state index is 0.00131. The van der Waals surface area contributed by atoms with Gasteiger partial charge in [0.05, 0.1) is 5.38 Å². The van der Waals surface area contributed by atoms with Crippen molar-refractivity contribution in [3.8, 4) is 0 Å². The van der Waals surface area contributed by atoms with Crippen molar-refractivity contribution in [2.45, 2.75) is 31.0 Å². The average molecular weight is 290 g/mol. The first-order chi connectivity index (χ1) is 7.11. The molecule has 0 heterocycles. The van der Waals surface area contributed by atoms with Crippen molar-refractivity contribution in [2.24, 2.45) is 0 Å². The van der Waals surface area contributed by atoms with Gasteiger partial charge in [-0.15, -0.1) is 11.6 Å². The lowest BCUT2D eigenvalue weighted by Gasteiger charge is -2.11. The van der Waals surface area contributed by atoms with E-state index in [0.29, 0.717) is 5.33 Å². The molecule has 0 amide bonds. The molecule has 0 saturated carbocycles. The number of rotatable bonds is 4. The second kappa shape index (κ2) is 5.66. The van der Waals surface area contributed by atoms with Crippen LogP contribution in [0.2, 0.25) is 0 Å².